The van der Waals surface area contributed by atoms with E-state index in [2.05, 4.69) is 228 Å². The highest BCUT2D eigenvalue weighted by Gasteiger charge is 2.18. The van der Waals surface area contributed by atoms with Crippen molar-refractivity contribution in [1.29, 1.82) is 0 Å². The average Bonchev–Trinajstić information content (AvgIpc) is 3.81. The van der Waals surface area contributed by atoms with Crippen LogP contribution >= 0.6 is 0 Å². The number of hydrogen-bond acceptors (Lipinski definition) is 0. The van der Waals surface area contributed by atoms with Crippen LogP contribution in [-0.4, -0.2) is 9.13 Å². The second-order valence-electron chi connectivity index (χ2n) is 14.5. The van der Waals surface area contributed by atoms with E-state index in [1.165, 1.54) is 88.1 Å². The van der Waals surface area contributed by atoms with Crippen molar-refractivity contribution >= 4 is 43.6 Å². The summed E-state index contributed by atoms with van der Waals surface area (Å²) < 4.78 is 4.83. The van der Waals surface area contributed by atoms with Gasteiger partial charge in [0.25, 0.3) is 0 Å². The quantitative estimate of drug-likeness (QED) is 0.162. The SMILES string of the molecule is c1ccc(-n2c3ccccc3c3cccc(-c4cccc(-c5cccc(-c6cccc(-c7cccc8c9ccccc9n(-c9ccccc9)c78)c6)c5)c4)c32)cc1. The summed E-state index contributed by atoms with van der Waals surface area (Å²) in [6, 6.07) is 79.3. The van der Waals surface area contributed by atoms with Crippen molar-refractivity contribution in [3.8, 4) is 55.9 Å². The highest BCUT2D eigenvalue weighted by Crippen LogP contribution is 2.41. The molecule has 0 spiro atoms. The highest BCUT2D eigenvalue weighted by atomic mass is 15.0. The second-order valence-corrected chi connectivity index (χ2v) is 14.5. The lowest BCUT2D eigenvalue weighted by atomic mass is 9.94. The minimum absolute atomic E-state index is 1.16. The summed E-state index contributed by atoms with van der Waals surface area (Å²) >= 11 is 0. The van der Waals surface area contributed by atoms with Gasteiger partial charge in [0.15, 0.2) is 0 Å². The predicted octanol–water partition coefficient (Wildman–Crippen LogP) is 14.5. The highest BCUT2D eigenvalue weighted by molar-refractivity contribution is 6.15. The maximum atomic E-state index is 2.42. The van der Waals surface area contributed by atoms with Gasteiger partial charge in [-0.25, -0.2) is 0 Å². The molecule has 0 unspecified atom stereocenters. The summed E-state index contributed by atoms with van der Waals surface area (Å²) in [5.41, 5.74) is 16.8. The van der Waals surface area contributed by atoms with Gasteiger partial charge >= 0.3 is 0 Å². The van der Waals surface area contributed by atoms with E-state index in [1.807, 2.05) is 0 Å². The van der Waals surface area contributed by atoms with E-state index in [0.29, 0.717) is 0 Å². The van der Waals surface area contributed by atoms with E-state index in [1.54, 1.807) is 0 Å². The lowest BCUT2D eigenvalue weighted by molar-refractivity contribution is 1.18. The Morgan fingerprint density at radius 3 is 0.982 bits per heavy atom. The average molecular weight is 713 g/mol. The molecule has 0 saturated carbocycles. The number of benzene rings is 9. The fraction of sp³-hybridized carbons (Fsp3) is 0. The summed E-state index contributed by atoms with van der Waals surface area (Å²) in [7, 11) is 0. The van der Waals surface area contributed by atoms with Gasteiger partial charge in [-0.15, -0.1) is 0 Å². The molecule has 0 bridgehead atoms. The first-order chi connectivity index (χ1) is 27.8. The van der Waals surface area contributed by atoms with Crippen molar-refractivity contribution in [3.63, 3.8) is 0 Å². The number of hydrogen-bond donors (Lipinski definition) is 0. The molecule has 2 nitrogen and oxygen atoms in total. The second kappa shape index (κ2) is 13.2. The van der Waals surface area contributed by atoms with Crippen LogP contribution in [0.5, 0.6) is 0 Å². The fourth-order valence-corrected chi connectivity index (χ4v) is 8.80. The Labute approximate surface area is 325 Å². The van der Waals surface area contributed by atoms with Crippen molar-refractivity contribution in [2.24, 2.45) is 0 Å². The Bertz CT molecular complexity index is 3020. The summed E-state index contributed by atoms with van der Waals surface area (Å²) in [5.74, 6) is 0. The van der Waals surface area contributed by atoms with Gasteiger partial charge in [0.2, 0.25) is 0 Å². The molecule has 0 radical (unpaired) electrons. The van der Waals surface area contributed by atoms with Gasteiger partial charge in [-0.05, 0) is 88.0 Å². The minimum Gasteiger partial charge on any atom is -0.309 e. The van der Waals surface area contributed by atoms with Crippen LogP contribution in [0.2, 0.25) is 0 Å². The summed E-state index contributed by atoms with van der Waals surface area (Å²) in [4.78, 5) is 0. The van der Waals surface area contributed by atoms with Crippen LogP contribution in [0.1, 0.15) is 0 Å². The molecule has 0 aliphatic rings. The van der Waals surface area contributed by atoms with E-state index < -0.39 is 0 Å². The Balaban J connectivity index is 1.02. The lowest BCUT2D eigenvalue weighted by Gasteiger charge is -2.14. The number of fused-ring (bicyclic) bond motifs is 6. The largest absolute Gasteiger partial charge is 0.309 e. The molecule has 0 amide bonds. The van der Waals surface area contributed by atoms with Gasteiger partial charge in [-0.1, -0.05) is 164 Å². The van der Waals surface area contributed by atoms with Crippen LogP contribution in [0.3, 0.4) is 0 Å². The van der Waals surface area contributed by atoms with Gasteiger partial charge in [-0.2, -0.15) is 0 Å². The van der Waals surface area contributed by atoms with E-state index in [9.17, 15) is 0 Å². The smallest absolute Gasteiger partial charge is 0.0619 e. The topological polar surface area (TPSA) is 9.86 Å². The number of aromatic nitrogens is 2. The Morgan fingerprint density at radius 2 is 0.554 bits per heavy atom. The molecule has 2 aromatic heterocycles. The maximum Gasteiger partial charge on any atom is 0.0619 e. The molecule has 2 heteroatoms. The molecule has 56 heavy (non-hydrogen) atoms. The zero-order valence-corrected chi connectivity index (χ0v) is 30.7. The van der Waals surface area contributed by atoms with Gasteiger partial charge in [-0.3, -0.25) is 0 Å². The summed E-state index contributed by atoms with van der Waals surface area (Å²) in [6.45, 7) is 0. The van der Waals surface area contributed by atoms with Crippen molar-refractivity contribution in [2.75, 3.05) is 0 Å². The predicted molar refractivity (Wildman–Crippen MR) is 237 cm³/mol. The maximum absolute atomic E-state index is 2.42. The molecule has 0 aliphatic heterocycles. The zero-order chi connectivity index (χ0) is 37.0. The summed E-state index contributed by atoms with van der Waals surface area (Å²) in [5, 5.41) is 5.04. The molecular formula is C54H36N2. The normalized spacial score (nSPS) is 11.6. The molecule has 11 aromatic rings. The first-order valence-electron chi connectivity index (χ1n) is 19.3. The molecule has 0 fully saturated rings. The molecule has 9 aromatic carbocycles. The van der Waals surface area contributed by atoms with Crippen LogP contribution < -0.4 is 0 Å². The molecule has 2 heterocycles. The van der Waals surface area contributed by atoms with Crippen LogP contribution in [0.25, 0.3) is 99.5 Å². The zero-order valence-electron chi connectivity index (χ0n) is 30.7. The standard InChI is InChI=1S/C54H36N2/c1-3-22-43(23-4-1)55-51-32-9-7-26-47(51)49-30-14-28-45(53(49)55)41-20-12-18-39(35-41)37-16-11-17-38(34-37)40-19-13-21-42(36-40)46-29-15-31-50-48-27-8-10-33-52(48)56(54(46)50)44-24-5-2-6-25-44/h1-36H. The first-order valence-corrected chi connectivity index (χ1v) is 19.3. The van der Waals surface area contributed by atoms with E-state index in [-0.39, 0.29) is 0 Å². The van der Waals surface area contributed by atoms with E-state index in [0.717, 1.165) is 11.4 Å². The lowest BCUT2D eigenvalue weighted by Crippen LogP contribution is -1.95. The monoisotopic (exact) mass is 712 g/mol. The van der Waals surface area contributed by atoms with E-state index >= 15 is 0 Å². The minimum atomic E-state index is 1.16. The number of rotatable bonds is 6. The van der Waals surface area contributed by atoms with Crippen LogP contribution in [0.4, 0.5) is 0 Å². The van der Waals surface area contributed by atoms with E-state index in [4.69, 9.17) is 0 Å². The third-order valence-electron chi connectivity index (χ3n) is 11.3. The van der Waals surface area contributed by atoms with Crippen LogP contribution in [0.15, 0.2) is 218 Å². The molecule has 262 valence electrons. The van der Waals surface area contributed by atoms with Crippen molar-refractivity contribution in [1.82, 2.24) is 9.13 Å². The van der Waals surface area contributed by atoms with Crippen molar-refractivity contribution in [2.45, 2.75) is 0 Å². The van der Waals surface area contributed by atoms with Gasteiger partial charge in [0.1, 0.15) is 0 Å². The fourth-order valence-electron chi connectivity index (χ4n) is 8.80. The first kappa shape index (κ1) is 32.0. The van der Waals surface area contributed by atoms with Crippen molar-refractivity contribution < 1.29 is 0 Å². The number of para-hydroxylation sites is 6. The molecule has 0 saturated heterocycles. The molecule has 0 atom stereocenters. The third kappa shape index (κ3) is 5.19. The molecule has 0 N–H and O–H groups in total. The van der Waals surface area contributed by atoms with Gasteiger partial charge < -0.3 is 9.13 Å². The Hall–Kier alpha value is -7.42. The molecule has 0 aliphatic carbocycles. The Morgan fingerprint density at radius 1 is 0.232 bits per heavy atom. The third-order valence-corrected chi connectivity index (χ3v) is 11.3. The van der Waals surface area contributed by atoms with Crippen LogP contribution in [0, 0.1) is 0 Å². The van der Waals surface area contributed by atoms with Crippen molar-refractivity contribution in [3.05, 3.63) is 218 Å². The molecular weight excluding hydrogens is 677 g/mol. The number of nitrogens with zero attached hydrogens (tertiary/aromatic N) is 2. The molecule has 11 rings (SSSR count). The summed E-state index contributed by atoms with van der Waals surface area (Å²) in [6.07, 6.45) is 0. The van der Waals surface area contributed by atoms with Gasteiger partial charge in [0.05, 0.1) is 22.1 Å². The Kier molecular flexibility index (Phi) is 7.53. The van der Waals surface area contributed by atoms with Gasteiger partial charge in [0, 0.05) is 44.0 Å². The van der Waals surface area contributed by atoms with Crippen LogP contribution in [-0.2, 0) is 0 Å².